The number of allylic oxidation sites excluding steroid dienone is 2. The van der Waals surface area contributed by atoms with E-state index in [1.165, 1.54) is 37.8 Å². The molecule has 0 amide bonds. The van der Waals surface area contributed by atoms with Crippen molar-refractivity contribution < 1.29 is 4.39 Å². The third-order valence-electron chi connectivity index (χ3n) is 5.79. The molecule has 5 rings (SSSR count). The molecule has 28 heavy (non-hydrogen) atoms. The van der Waals surface area contributed by atoms with Crippen LogP contribution in [0, 0.1) is 12.7 Å². The van der Waals surface area contributed by atoms with Crippen molar-refractivity contribution in [2.75, 3.05) is 0 Å². The standard InChI is InChI=1S/C23H23FN4/c1-15-25-13-12-20(26-15)23-22(17-6-8-18(24)9-7-17)27-21-11-10-19(28(21)23)14-16-4-2-3-5-16/h6-9,12-14,19H,2-5,10-11H2,1H3. The van der Waals surface area contributed by atoms with Crippen LogP contribution in [-0.4, -0.2) is 19.5 Å². The number of aryl methyl sites for hydroxylation is 2. The molecule has 0 saturated heterocycles. The predicted molar refractivity (Wildman–Crippen MR) is 107 cm³/mol. The summed E-state index contributed by atoms with van der Waals surface area (Å²) in [7, 11) is 0. The summed E-state index contributed by atoms with van der Waals surface area (Å²) in [6.07, 6.45) is 11.3. The first-order valence-corrected chi connectivity index (χ1v) is 10.1. The van der Waals surface area contributed by atoms with Gasteiger partial charge in [0.2, 0.25) is 0 Å². The number of nitrogens with zero attached hydrogens (tertiary/aromatic N) is 4. The Kier molecular flexibility index (Phi) is 4.30. The Morgan fingerprint density at radius 3 is 2.57 bits per heavy atom. The molecule has 5 heteroatoms. The van der Waals surface area contributed by atoms with E-state index in [1.807, 2.05) is 13.0 Å². The molecule has 1 fully saturated rings. The van der Waals surface area contributed by atoms with Gasteiger partial charge in [0, 0.05) is 18.2 Å². The minimum absolute atomic E-state index is 0.237. The van der Waals surface area contributed by atoms with Crippen LogP contribution in [0.3, 0.4) is 0 Å². The molecule has 1 unspecified atom stereocenters. The second-order valence-corrected chi connectivity index (χ2v) is 7.73. The van der Waals surface area contributed by atoms with Gasteiger partial charge in [-0.1, -0.05) is 11.6 Å². The normalized spacial score (nSPS) is 18.5. The maximum Gasteiger partial charge on any atom is 0.125 e. The van der Waals surface area contributed by atoms with Gasteiger partial charge in [-0.05, 0) is 69.4 Å². The van der Waals surface area contributed by atoms with Gasteiger partial charge in [-0.15, -0.1) is 0 Å². The van der Waals surface area contributed by atoms with Gasteiger partial charge in [-0.25, -0.2) is 19.3 Å². The molecule has 3 heterocycles. The zero-order valence-electron chi connectivity index (χ0n) is 16.0. The van der Waals surface area contributed by atoms with Crippen molar-refractivity contribution in [1.29, 1.82) is 0 Å². The van der Waals surface area contributed by atoms with E-state index in [-0.39, 0.29) is 5.82 Å². The molecule has 2 aliphatic rings. The Hall–Kier alpha value is -2.82. The van der Waals surface area contributed by atoms with Gasteiger partial charge in [0.05, 0.1) is 23.1 Å². The van der Waals surface area contributed by atoms with Crippen molar-refractivity contribution in [2.45, 2.75) is 51.5 Å². The minimum atomic E-state index is -0.237. The van der Waals surface area contributed by atoms with E-state index in [4.69, 9.17) is 9.97 Å². The van der Waals surface area contributed by atoms with Gasteiger partial charge in [0.1, 0.15) is 17.5 Å². The summed E-state index contributed by atoms with van der Waals surface area (Å²) < 4.78 is 15.8. The zero-order valence-corrected chi connectivity index (χ0v) is 16.0. The number of aromatic nitrogens is 4. The molecular weight excluding hydrogens is 351 g/mol. The molecule has 1 saturated carbocycles. The largest absolute Gasteiger partial charge is 0.319 e. The summed E-state index contributed by atoms with van der Waals surface area (Å²) in [5.41, 5.74) is 5.26. The van der Waals surface area contributed by atoms with Crippen LogP contribution in [0.15, 0.2) is 48.2 Å². The molecule has 1 atom stereocenters. The van der Waals surface area contributed by atoms with E-state index in [9.17, 15) is 4.39 Å². The van der Waals surface area contributed by atoms with Crippen molar-refractivity contribution in [2.24, 2.45) is 0 Å². The minimum Gasteiger partial charge on any atom is -0.319 e. The smallest absolute Gasteiger partial charge is 0.125 e. The van der Waals surface area contributed by atoms with Crippen LogP contribution in [0.25, 0.3) is 22.6 Å². The van der Waals surface area contributed by atoms with Crippen LogP contribution >= 0.6 is 0 Å². The average molecular weight is 374 g/mol. The maximum absolute atomic E-state index is 13.5. The van der Waals surface area contributed by atoms with Crippen LogP contribution in [0.2, 0.25) is 0 Å². The Balaban J connectivity index is 1.69. The number of fused-ring (bicyclic) bond motifs is 1. The molecular formula is C23H23FN4. The quantitative estimate of drug-likeness (QED) is 0.573. The molecule has 1 aliphatic heterocycles. The van der Waals surface area contributed by atoms with Crippen LogP contribution < -0.4 is 0 Å². The Labute approximate surface area is 164 Å². The van der Waals surface area contributed by atoms with Crippen molar-refractivity contribution in [1.82, 2.24) is 19.5 Å². The number of benzene rings is 1. The second kappa shape index (κ2) is 6.97. The van der Waals surface area contributed by atoms with Crippen LogP contribution in [0.4, 0.5) is 4.39 Å². The fourth-order valence-electron chi connectivity index (χ4n) is 4.49. The molecule has 1 aromatic carbocycles. The molecule has 0 radical (unpaired) electrons. The highest BCUT2D eigenvalue weighted by molar-refractivity contribution is 5.77. The summed E-state index contributed by atoms with van der Waals surface area (Å²) in [6, 6.07) is 8.85. The first-order valence-electron chi connectivity index (χ1n) is 10.1. The molecule has 0 bridgehead atoms. The average Bonchev–Trinajstić information content (AvgIpc) is 3.41. The number of rotatable bonds is 3. The highest BCUT2D eigenvalue weighted by atomic mass is 19.1. The van der Waals surface area contributed by atoms with E-state index in [2.05, 4.69) is 15.6 Å². The van der Waals surface area contributed by atoms with Gasteiger partial charge < -0.3 is 4.57 Å². The van der Waals surface area contributed by atoms with E-state index in [1.54, 1.807) is 23.9 Å². The van der Waals surface area contributed by atoms with Crippen molar-refractivity contribution in [3.63, 3.8) is 0 Å². The monoisotopic (exact) mass is 374 g/mol. The Morgan fingerprint density at radius 1 is 1.04 bits per heavy atom. The molecule has 2 aromatic heterocycles. The molecule has 3 aromatic rings. The lowest BCUT2D eigenvalue weighted by Crippen LogP contribution is -2.05. The van der Waals surface area contributed by atoms with Crippen LogP contribution in [0.5, 0.6) is 0 Å². The summed E-state index contributed by atoms with van der Waals surface area (Å²) in [4.78, 5) is 13.9. The fraction of sp³-hybridized carbons (Fsp3) is 0.348. The third kappa shape index (κ3) is 3.05. The Bertz CT molecular complexity index is 1040. The summed E-state index contributed by atoms with van der Waals surface area (Å²) in [6.45, 7) is 1.90. The number of imidazole rings is 1. The predicted octanol–water partition coefficient (Wildman–Crippen LogP) is 5.44. The summed E-state index contributed by atoms with van der Waals surface area (Å²) in [5.74, 6) is 1.59. The lowest BCUT2D eigenvalue weighted by atomic mass is 10.1. The van der Waals surface area contributed by atoms with E-state index >= 15 is 0 Å². The molecule has 1 aliphatic carbocycles. The van der Waals surface area contributed by atoms with Crippen LogP contribution in [0.1, 0.15) is 49.8 Å². The fourth-order valence-corrected chi connectivity index (χ4v) is 4.49. The zero-order chi connectivity index (χ0) is 19.1. The number of halogens is 1. The lowest BCUT2D eigenvalue weighted by molar-refractivity contribution is 0.628. The highest BCUT2D eigenvalue weighted by Crippen LogP contribution is 2.40. The first-order chi connectivity index (χ1) is 13.7. The summed E-state index contributed by atoms with van der Waals surface area (Å²) >= 11 is 0. The highest BCUT2D eigenvalue weighted by Gasteiger charge is 2.30. The van der Waals surface area contributed by atoms with E-state index in [0.29, 0.717) is 6.04 Å². The topological polar surface area (TPSA) is 43.6 Å². The first kappa shape index (κ1) is 17.3. The lowest BCUT2D eigenvalue weighted by Gasteiger charge is -2.15. The van der Waals surface area contributed by atoms with Gasteiger partial charge in [0.25, 0.3) is 0 Å². The molecule has 142 valence electrons. The second-order valence-electron chi connectivity index (χ2n) is 7.73. The third-order valence-corrected chi connectivity index (χ3v) is 5.79. The van der Waals surface area contributed by atoms with Crippen molar-refractivity contribution >= 4 is 0 Å². The van der Waals surface area contributed by atoms with Crippen molar-refractivity contribution in [3.8, 4) is 22.6 Å². The molecule has 0 spiro atoms. The number of hydrogen-bond acceptors (Lipinski definition) is 3. The van der Waals surface area contributed by atoms with Gasteiger partial charge in [0.15, 0.2) is 0 Å². The Morgan fingerprint density at radius 2 is 1.82 bits per heavy atom. The van der Waals surface area contributed by atoms with Gasteiger partial charge >= 0.3 is 0 Å². The molecule has 0 N–H and O–H groups in total. The van der Waals surface area contributed by atoms with Gasteiger partial charge in [-0.3, -0.25) is 0 Å². The van der Waals surface area contributed by atoms with Gasteiger partial charge in [-0.2, -0.15) is 0 Å². The van der Waals surface area contributed by atoms with E-state index < -0.39 is 0 Å². The SMILES string of the molecule is Cc1nccc(-c2c(-c3ccc(F)cc3)nc3n2C(C=C2CCCC2)CC3)n1. The molecule has 4 nitrogen and oxygen atoms in total. The van der Waals surface area contributed by atoms with Crippen molar-refractivity contribution in [3.05, 3.63) is 65.6 Å². The maximum atomic E-state index is 13.5. The van der Waals surface area contributed by atoms with E-state index in [0.717, 1.165) is 47.1 Å². The van der Waals surface area contributed by atoms with Crippen LogP contribution in [-0.2, 0) is 6.42 Å². The summed E-state index contributed by atoms with van der Waals surface area (Å²) in [5, 5.41) is 0. The number of hydrogen-bond donors (Lipinski definition) is 0.